The molecule has 0 unspecified atom stereocenters. The number of ether oxygens (including phenoxy) is 3. The summed E-state index contributed by atoms with van der Waals surface area (Å²) in [5.74, 6) is 0. The number of nitrogens with zero attached hydrogens (tertiary/aromatic N) is 3. The first-order chi connectivity index (χ1) is 9.01. The Labute approximate surface area is 113 Å². The van der Waals surface area contributed by atoms with Gasteiger partial charge in [-0.05, 0) is 31.9 Å². The van der Waals surface area contributed by atoms with Gasteiger partial charge in [0.2, 0.25) is 0 Å². The standard InChI is InChI=1S/C13H19N3O3/c1-6-17-11-14-12(18-7-9(2)3)16-13(15-11)19-8-10(4)5/h2,4,6-8H2,1,3,5H3. The molecular formula is C13H19N3O3. The third-order valence-electron chi connectivity index (χ3n) is 1.74. The lowest BCUT2D eigenvalue weighted by molar-refractivity contribution is 0.257. The van der Waals surface area contributed by atoms with Crippen LogP contribution in [-0.4, -0.2) is 34.8 Å². The van der Waals surface area contributed by atoms with Crippen LogP contribution in [0.15, 0.2) is 24.3 Å². The molecule has 6 heteroatoms. The van der Waals surface area contributed by atoms with Crippen molar-refractivity contribution < 1.29 is 14.2 Å². The van der Waals surface area contributed by atoms with Crippen molar-refractivity contribution in [2.75, 3.05) is 19.8 Å². The molecule has 0 amide bonds. The van der Waals surface area contributed by atoms with Crippen molar-refractivity contribution in [1.29, 1.82) is 0 Å². The van der Waals surface area contributed by atoms with E-state index in [2.05, 4.69) is 28.1 Å². The predicted molar refractivity (Wildman–Crippen MR) is 71.6 cm³/mol. The Bertz CT molecular complexity index is 424. The smallest absolute Gasteiger partial charge is 0.326 e. The molecule has 1 heterocycles. The van der Waals surface area contributed by atoms with E-state index in [0.29, 0.717) is 19.8 Å². The Morgan fingerprint density at radius 3 is 1.53 bits per heavy atom. The van der Waals surface area contributed by atoms with Gasteiger partial charge in [-0.3, -0.25) is 0 Å². The van der Waals surface area contributed by atoms with Crippen LogP contribution in [0.2, 0.25) is 0 Å². The maximum absolute atomic E-state index is 5.36. The molecular weight excluding hydrogens is 246 g/mol. The minimum absolute atomic E-state index is 0.151. The van der Waals surface area contributed by atoms with E-state index in [4.69, 9.17) is 14.2 Å². The summed E-state index contributed by atoms with van der Waals surface area (Å²) in [6.45, 7) is 14.1. The summed E-state index contributed by atoms with van der Waals surface area (Å²) in [6, 6.07) is 0.474. The molecule has 6 nitrogen and oxygen atoms in total. The highest BCUT2D eigenvalue weighted by atomic mass is 16.5. The molecule has 0 aliphatic heterocycles. The van der Waals surface area contributed by atoms with E-state index < -0.39 is 0 Å². The summed E-state index contributed by atoms with van der Waals surface area (Å²) in [5, 5.41) is 0. The van der Waals surface area contributed by atoms with Gasteiger partial charge in [0.05, 0.1) is 6.61 Å². The van der Waals surface area contributed by atoms with Crippen LogP contribution in [0.5, 0.6) is 18.0 Å². The van der Waals surface area contributed by atoms with Gasteiger partial charge in [-0.1, -0.05) is 13.2 Å². The lowest BCUT2D eigenvalue weighted by atomic mass is 10.4. The number of aromatic nitrogens is 3. The summed E-state index contributed by atoms with van der Waals surface area (Å²) in [6.07, 6.45) is 0. The molecule has 0 N–H and O–H groups in total. The van der Waals surface area contributed by atoms with Gasteiger partial charge in [0.15, 0.2) is 0 Å². The summed E-state index contributed by atoms with van der Waals surface area (Å²) in [5.41, 5.74) is 1.73. The van der Waals surface area contributed by atoms with Crippen molar-refractivity contribution >= 4 is 0 Å². The average Bonchev–Trinajstić information content (AvgIpc) is 2.34. The van der Waals surface area contributed by atoms with Gasteiger partial charge < -0.3 is 14.2 Å². The summed E-state index contributed by atoms with van der Waals surface area (Å²) in [7, 11) is 0. The van der Waals surface area contributed by atoms with Crippen LogP contribution in [0.3, 0.4) is 0 Å². The van der Waals surface area contributed by atoms with Crippen LogP contribution in [0.1, 0.15) is 20.8 Å². The summed E-state index contributed by atoms with van der Waals surface area (Å²) in [4.78, 5) is 12.1. The third-order valence-corrected chi connectivity index (χ3v) is 1.74. The zero-order chi connectivity index (χ0) is 14.3. The largest absolute Gasteiger partial charge is 0.464 e. The van der Waals surface area contributed by atoms with Crippen molar-refractivity contribution in [1.82, 2.24) is 15.0 Å². The van der Waals surface area contributed by atoms with E-state index in [1.54, 1.807) is 0 Å². The fraction of sp³-hybridized carbons (Fsp3) is 0.462. The van der Waals surface area contributed by atoms with Gasteiger partial charge in [0.1, 0.15) is 13.2 Å². The van der Waals surface area contributed by atoms with E-state index in [1.807, 2.05) is 20.8 Å². The minimum atomic E-state index is 0.151. The Morgan fingerprint density at radius 2 is 1.21 bits per heavy atom. The van der Waals surface area contributed by atoms with Crippen molar-refractivity contribution in [3.8, 4) is 18.0 Å². The molecule has 0 radical (unpaired) electrons. The Hall–Kier alpha value is -2.11. The van der Waals surface area contributed by atoms with E-state index >= 15 is 0 Å². The molecule has 0 fully saturated rings. The minimum Gasteiger partial charge on any atom is -0.464 e. The first kappa shape index (κ1) is 14.9. The lowest BCUT2D eigenvalue weighted by Crippen LogP contribution is -2.09. The first-order valence-corrected chi connectivity index (χ1v) is 5.94. The van der Waals surface area contributed by atoms with Crippen LogP contribution >= 0.6 is 0 Å². The maximum Gasteiger partial charge on any atom is 0.326 e. The first-order valence-electron chi connectivity index (χ1n) is 5.94. The van der Waals surface area contributed by atoms with Gasteiger partial charge in [0, 0.05) is 0 Å². The third kappa shape index (κ3) is 5.85. The van der Waals surface area contributed by atoms with Gasteiger partial charge in [-0.2, -0.15) is 0 Å². The molecule has 0 aromatic carbocycles. The average molecular weight is 265 g/mol. The highest BCUT2D eigenvalue weighted by Crippen LogP contribution is 2.15. The molecule has 0 saturated heterocycles. The van der Waals surface area contributed by atoms with E-state index in [1.165, 1.54) is 0 Å². The topological polar surface area (TPSA) is 66.4 Å². The van der Waals surface area contributed by atoms with Crippen molar-refractivity contribution in [3.63, 3.8) is 0 Å². The van der Waals surface area contributed by atoms with Crippen LogP contribution in [0, 0.1) is 0 Å². The Balaban J connectivity index is 2.83. The Kier molecular flexibility index (Phi) is 5.78. The molecule has 19 heavy (non-hydrogen) atoms. The molecule has 0 spiro atoms. The van der Waals surface area contributed by atoms with E-state index in [0.717, 1.165) is 11.1 Å². The number of hydrogen-bond donors (Lipinski definition) is 0. The molecule has 0 bridgehead atoms. The lowest BCUT2D eigenvalue weighted by Gasteiger charge is -2.09. The molecule has 1 aromatic rings. The van der Waals surface area contributed by atoms with Gasteiger partial charge >= 0.3 is 18.0 Å². The molecule has 1 rings (SSSR count). The molecule has 1 aromatic heterocycles. The van der Waals surface area contributed by atoms with Crippen molar-refractivity contribution in [3.05, 3.63) is 24.3 Å². The molecule has 0 aliphatic rings. The normalized spacial score (nSPS) is 9.84. The SMILES string of the molecule is C=C(C)COc1nc(OCC)nc(OCC(=C)C)n1. The van der Waals surface area contributed by atoms with Crippen molar-refractivity contribution in [2.24, 2.45) is 0 Å². The van der Waals surface area contributed by atoms with Gasteiger partial charge in [0.25, 0.3) is 0 Å². The summed E-state index contributed by atoms with van der Waals surface area (Å²) >= 11 is 0. The van der Waals surface area contributed by atoms with Crippen LogP contribution in [-0.2, 0) is 0 Å². The fourth-order valence-electron chi connectivity index (χ4n) is 1.02. The second-order valence-electron chi connectivity index (χ2n) is 4.11. The molecule has 0 aliphatic carbocycles. The summed E-state index contributed by atoms with van der Waals surface area (Å²) < 4.78 is 15.9. The van der Waals surface area contributed by atoms with Crippen molar-refractivity contribution in [2.45, 2.75) is 20.8 Å². The predicted octanol–water partition coefficient (Wildman–Crippen LogP) is 2.18. The monoisotopic (exact) mass is 265 g/mol. The van der Waals surface area contributed by atoms with Gasteiger partial charge in [-0.25, -0.2) is 0 Å². The second-order valence-corrected chi connectivity index (χ2v) is 4.11. The quantitative estimate of drug-likeness (QED) is 0.671. The van der Waals surface area contributed by atoms with Crippen LogP contribution < -0.4 is 14.2 Å². The molecule has 104 valence electrons. The second kappa shape index (κ2) is 7.35. The van der Waals surface area contributed by atoms with Crippen LogP contribution in [0.4, 0.5) is 0 Å². The zero-order valence-electron chi connectivity index (χ0n) is 11.6. The number of hydrogen-bond acceptors (Lipinski definition) is 6. The maximum atomic E-state index is 5.36. The zero-order valence-corrected chi connectivity index (χ0v) is 11.6. The molecule has 0 atom stereocenters. The van der Waals surface area contributed by atoms with Crippen LogP contribution in [0.25, 0.3) is 0 Å². The van der Waals surface area contributed by atoms with Gasteiger partial charge in [-0.15, -0.1) is 15.0 Å². The number of rotatable bonds is 8. The van der Waals surface area contributed by atoms with E-state index in [-0.39, 0.29) is 18.0 Å². The fourth-order valence-corrected chi connectivity index (χ4v) is 1.02. The highest BCUT2D eigenvalue weighted by molar-refractivity contribution is 5.10. The highest BCUT2D eigenvalue weighted by Gasteiger charge is 2.09. The molecule has 0 saturated carbocycles. The Morgan fingerprint density at radius 1 is 0.842 bits per heavy atom. The van der Waals surface area contributed by atoms with E-state index in [9.17, 15) is 0 Å².